The largest absolute Gasteiger partial charge is 0.496 e. The summed E-state index contributed by atoms with van der Waals surface area (Å²) in [6.45, 7) is 1.60. The summed E-state index contributed by atoms with van der Waals surface area (Å²) in [5, 5.41) is 0. The lowest BCUT2D eigenvalue weighted by atomic mass is 10.1. The summed E-state index contributed by atoms with van der Waals surface area (Å²) in [6, 6.07) is 4.84. The zero-order valence-electron chi connectivity index (χ0n) is 11.6. The Labute approximate surface area is 118 Å². The van der Waals surface area contributed by atoms with Gasteiger partial charge in [-0.15, -0.1) is 0 Å². The molecule has 0 aliphatic carbocycles. The van der Waals surface area contributed by atoms with Gasteiger partial charge in [0, 0.05) is 11.4 Å². The van der Waals surface area contributed by atoms with Gasteiger partial charge in [-0.1, -0.05) is 13.0 Å². The lowest BCUT2D eigenvalue weighted by molar-refractivity contribution is 0.0503. The van der Waals surface area contributed by atoms with E-state index < -0.39 is 15.8 Å². The van der Waals surface area contributed by atoms with Crippen LogP contribution in [0.3, 0.4) is 0 Å². The van der Waals surface area contributed by atoms with Gasteiger partial charge in [0.2, 0.25) is 0 Å². The third-order valence-electron chi connectivity index (χ3n) is 2.76. The van der Waals surface area contributed by atoms with Crippen LogP contribution in [0.4, 0.5) is 5.69 Å². The van der Waals surface area contributed by atoms with Crippen LogP contribution in [0.2, 0.25) is 0 Å². The number of carbonyl (C=O) groups is 1. The number of rotatable bonds is 7. The molecule has 1 aromatic carbocycles. The van der Waals surface area contributed by atoms with Gasteiger partial charge in [-0.2, -0.15) is 0 Å². The Hall–Kier alpha value is -1.76. The molecule has 20 heavy (non-hydrogen) atoms. The van der Waals surface area contributed by atoms with Crippen LogP contribution in [0, 0.1) is 0 Å². The van der Waals surface area contributed by atoms with Crippen molar-refractivity contribution in [3.63, 3.8) is 0 Å². The van der Waals surface area contributed by atoms with Crippen molar-refractivity contribution in [2.24, 2.45) is 0 Å². The smallest absolute Gasteiger partial charge is 0.344 e. The second-order valence-corrected chi connectivity index (χ2v) is 6.62. The average Bonchev–Trinajstić information content (AvgIpc) is 2.43. The number of benzene rings is 1. The Balaban J connectivity index is 2.60. The van der Waals surface area contributed by atoms with Crippen LogP contribution in [0.1, 0.15) is 23.7 Å². The fourth-order valence-corrected chi connectivity index (χ4v) is 2.44. The highest BCUT2D eigenvalue weighted by molar-refractivity contribution is 7.91. The van der Waals surface area contributed by atoms with Gasteiger partial charge < -0.3 is 15.2 Å². The molecule has 7 heteroatoms. The van der Waals surface area contributed by atoms with Gasteiger partial charge in [0.1, 0.15) is 21.2 Å². The Morgan fingerprint density at radius 3 is 2.65 bits per heavy atom. The van der Waals surface area contributed by atoms with Crippen molar-refractivity contribution < 1.29 is 22.7 Å². The number of methoxy groups -OCH3 is 1. The number of carbonyl (C=O) groups excluding carboxylic acids is 1. The van der Waals surface area contributed by atoms with Gasteiger partial charge >= 0.3 is 5.97 Å². The van der Waals surface area contributed by atoms with E-state index in [1.165, 1.54) is 7.11 Å². The molecule has 2 N–H and O–H groups in total. The van der Waals surface area contributed by atoms with Gasteiger partial charge in [0.25, 0.3) is 0 Å². The fourth-order valence-electron chi connectivity index (χ4n) is 1.60. The van der Waals surface area contributed by atoms with Crippen LogP contribution in [-0.2, 0) is 14.6 Å². The van der Waals surface area contributed by atoms with Crippen molar-refractivity contribution in [3.8, 4) is 5.75 Å². The van der Waals surface area contributed by atoms with Crippen molar-refractivity contribution in [2.75, 3.05) is 31.0 Å². The van der Waals surface area contributed by atoms with Gasteiger partial charge in [0.15, 0.2) is 0 Å². The lowest BCUT2D eigenvalue weighted by Crippen LogP contribution is -2.14. The van der Waals surface area contributed by atoms with E-state index in [1.807, 2.05) is 0 Å². The maximum atomic E-state index is 11.9. The molecule has 0 radical (unpaired) electrons. The van der Waals surface area contributed by atoms with Crippen LogP contribution in [-0.4, -0.2) is 39.6 Å². The molecular formula is C13H19NO5S. The van der Waals surface area contributed by atoms with Crippen LogP contribution >= 0.6 is 0 Å². The average molecular weight is 301 g/mol. The third-order valence-corrected chi connectivity index (χ3v) is 4.55. The SMILES string of the molecule is CCS(=O)(=O)CCCOC(=O)c1c(N)cccc1OC. The first kappa shape index (κ1) is 16.3. The van der Waals surface area contributed by atoms with E-state index in [2.05, 4.69) is 0 Å². The van der Waals surface area contributed by atoms with E-state index in [-0.39, 0.29) is 35.8 Å². The number of nitrogen functional groups attached to an aromatic ring is 1. The van der Waals surface area contributed by atoms with Crippen LogP contribution in [0.15, 0.2) is 18.2 Å². The van der Waals surface area contributed by atoms with Gasteiger partial charge in [-0.25, -0.2) is 13.2 Å². The molecule has 6 nitrogen and oxygen atoms in total. The van der Waals surface area contributed by atoms with E-state index in [4.69, 9.17) is 15.2 Å². The summed E-state index contributed by atoms with van der Waals surface area (Å²) in [6.07, 6.45) is 0.261. The monoisotopic (exact) mass is 301 g/mol. The van der Waals surface area contributed by atoms with E-state index in [0.29, 0.717) is 5.75 Å². The maximum absolute atomic E-state index is 11.9. The summed E-state index contributed by atoms with van der Waals surface area (Å²) in [7, 11) is -1.61. The van der Waals surface area contributed by atoms with Gasteiger partial charge in [0.05, 0.1) is 19.5 Å². The van der Waals surface area contributed by atoms with E-state index in [9.17, 15) is 13.2 Å². The van der Waals surface area contributed by atoms with Gasteiger partial charge in [-0.05, 0) is 18.6 Å². The molecule has 0 bridgehead atoms. The Morgan fingerprint density at radius 1 is 1.35 bits per heavy atom. The van der Waals surface area contributed by atoms with Crippen LogP contribution in [0.25, 0.3) is 0 Å². The molecule has 0 amide bonds. The summed E-state index contributed by atoms with van der Waals surface area (Å²) in [5.41, 5.74) is 6.14. The number of nitrogens with two attached hydrogens (primary N) is 1. The fraction of sp³-hybridized carbons (Fsp3) is 0.462. The van der Waals surface area contributed by atoms with Crippen LogP contribution < -0.4 is 10.5 Å². The van der Waals surface area contributed by atoms with Crippen molar-refractivity contribution in [2.45, 2.75) is 13.3 Å². The maximum Gasteiger partial charge on any atom is 0.344 e. The number of hydrogen-bond acceptors (Lipinski definition) is 6. The number of ether oxygens (including phenoxy) is 2. The van der Waals surface area contributed by atoms with Crippen molar-refractivity contribution >= 4 is 21.5 Å². The standard InChI is InChI=1S/C13H19NO5S/c1-3-20(16,17)9-5-8-19-13(15)12-10(14)6-4-7-11(12)18-2/h4,6-7H,3,5,8-9,14H2,1-2H3. The first-order chi connectivity index (χ1) is 9.41. The second-order valence-electron chi connectivity index (χ2n) is 4.15. The van der Waals surface area contributed by atoms with Crippen molar-refractivity contribution in [1.82, 2.24) is 0 Å². The molecule has 112 valence electrons. The number of anilines is 1. The molecule has 0 atom stereocenters. The second kappa shape index (κ2) is 7.14. The summed E-state index contributed by atoms with van der Waals surface area (Å²) in [4.78, 5) is 11.9. The topological polar surface area (TPSA) is 95.7 Å². The first-order valence-corrected chi connectivity index (χ1v) is 8.03. The molecule has 0 saturated carbocycles. The molecular weight excluding hydrogens is 282 g/mol. The molecule has 0 aromatic heterocycles. The highest BCUT2D eigenvalue weighted by Crippen LogP contribution is 2.24. The number of hydrogen-bond donors (Lipinski definition) is 1. The first-order valence-electron chi connectivity index (χ1n) is 6.21. The van der Waals surface area contributed by atoms with E-state index in [0.717, 1.165) is 0 Å². The molecule has 0 saturated heterocycles. The molecule has 0 unspecified atom stereocenters. The minimum Gasteiger partial charge on any atom is -0.496 e. The molecule has 0 heterocycles. The third kappa shape index (κ3) is 4.41. The Bertz CT molecular complexity index is 568. The summed E-state index contributed by atoms with van der Waals surface area (Å²) >= 11 is 0. The highest BCUT2D eigenvalue weighted by Gasteiger charge is 2.17. The number of esters is 1. The van der Waals surface area contributed by atoms with E-state index in [1.54, 1.807) is 25.1 Å². The molecule has 0 aliphatic rings. The van der Waals surface area contributed by atoms with E-state index >= 15 is 0 Å². The zero-order valence-corrected chi connectivity index (χ0v) is 12.4. The Kier molecular flexibility index (Phi) is 5.82. The minimum absolute atomic E-state index is 0.00180. The summed E-state index contributed by atoms with van der Waals surface area (Å²) in [5.74, 6) is -0.205. The quantitative estimate of drug-likeness (QED) is 0.463. The van der Waals surface area contributed by atoms with Crippen LogP contribution in [0.5, 0.6) is 5.75 Å². The number of sulfone groups is 1. The Morgan fingerprint density at radius 2 is 2.05 bits per heavy atom. The van der Waals surface area contributed by atoms with Crippen molar-refractivity contribution in [1.29, 1.82) is 0 Å². The normalized spacial score (nSPS) is 11.1. The summed E-state index contributed by atoms with van der Waals surface area (Å²) < 4.78 is 32.7. The lowest BCUT2D eigenvalue weighted by Gasteiger charge is -2.10. The zero-order chi connectivity index (χ0) is 15.2. The van der Waals surface area contributed by atoms with Crippen molar-refractivity contribution in [3.05, 3.63) is 23.8 Å². The molecule has 1 aromatic rings. The molecule has 0 fully saturated rings. The predicted octanol–water partition coefficient (Wildman–Crippen LogP) is 1.26. The minimum atomic E-state index is -3.04. The highest BCUT2D eigenvalue weighted by atomic mass is 32.2. The molecule has 0 aliphatic heterocycles. The molecule has 0 spiro atoms. The van der Waals surface area contributed by atoms with Gasteiger partial charge in [-0.3, -0.25) is 0 Å². The molecule has 1 rings (SSSR count). The predicted molar refractivity (Wildman–Crippen MR) is 76.6 cm³/mol.